The van der Waals surface area contributed by atoms with Crippen molar-refractivity contribution in [2.45, 2.75) is 58.8 Å². The lowest BCUT2D eigenvalue weighted by atomic mass is 9.46. The summed E-state index contributed by atoms with van der Waals surface area (Å²) in [5, 5.41) is 8.26. The van der Waals surface area contributed by atoms with Gasteiger partial charge in [0.15, 0.2) is 0 Å². The van der Waals surface area contributed by atoms with Gasteiger partial charge in [-0.2, -0.15) is 0 Å². The third kappa shape index (κ3) is 2.03. The zero-order valence-electron chi connectivity index (χ0n) is 15.2. The number of aromatic nitrogens is 3. The van der Waals surface area contributed by atoms with Crippen LogP contribution in [0.1, 0.15) is 58.8 Å². The largest absolute Gasteiger partial charge is 0.300 e. The fourth-order valence-electron chi connectivity index (χ4n) is 6.69. The predicted molar refractivity (Wildman–Crippen MR) is 96.4 cm³/mol. The topological polar surface area (TPSA) is 47.8 Å². The highest BCUT2D eigenvalue weighted by Gasteiger charge is 2.56. The average Bonchev–Trinajstić information content (AvgIpc) is 3.22. The van der Waals surface area contributed by atoms with Crippen molar-refractivity contribution >= 4 is 11.5 Å². The minimum atomic E-state index is 0.0998. The number of hydrogen-bond donors (Lipinski definition) is 0. The first-order valence-corrected chi connectivity index (χ1v) is 9.83. The summed E-state index contributed by atoms with van der Waals surface area (Å²) in [6.45, 7) is 4.89. The second-order valence-electron chi connectivity index (χ2n) is 9.13. The number of carbonyl (C=O) groups is 1. The molecule has 1 heterocycles. The van der Waals surface area contributed by atoms with E-state index >= 15 is 0 Å². The molecule has 5 rings (SSSR count). The summed E-state index contributed by atoms with van der Waals surface area (Å²) in [5.74, 6) is 2.52. The molecule has 4 aliphatic carbocycles. The summed E-state index contributed by atoms with van der Waals surface area (Å²) in [6, 6.07) is 0. The molecule has 3 fully saturated rings. The smallest absolute Gasteiger partial charge is 0.133 e. The van der Waals surface area contributed by atoms with E-state index in [1.807, 2.05) is 10.9 Å². The van der Waals surface area contributed by atoms with E-state index in [9.17, 15) is 4.79 Å². The molecule has 5 atom stereocenters. The highest BCUT2D eigenvalue weighted by molar-refractivity contribution is 5.79. The molecule has 132 valence electrons. The first-order chi connectivity index (χ1) is 12.0. The van der Waals surface area contributed by atoms with Gasteiger partial charge in [0.05, 0.1) is 18.1 Å². The lowest BCUT2D eigenvalue weighted by Crippen LogP contribution is -2.51. The van der Waals surface area contributed by atoms with Crippen LogP contribution in [0.5, 0.6) is 0 Å². The predicted octanol–water partition coefficient (Wildman–Crippen LogP) is 4.26. The van der Waals surface area contributed by atoms with Gasteiger partial charge in [0.2, 0.25) is 0 Å². The first kappa shape index (κ1) is 15.5. The van der Waals surface area contributed by atoms with Crippen LogP contribution in [0.2, 0.25) is 0 Å². The van der Waals surface area contributed by atoms with Crippen LogP contribution in [0.25, 0.3) is 5.70 Å². The molecular formula is C21H27N3O. The molecule has 0 N–H and O–H groups in total. The van der Waals surface area contributed by atoms with Crippen LogP contribution in [0.4, 0.5) is 0 Å². The van der Waals surface area contributed by atoms with Gasteiger partial charge in [-0.25, -0.2) is 4.68 Å². The van der Waals surface area contributed by atoms with Crippen molar-refractivity contribution in [3.8, 4) is 0 Å². The van der Waals surface area contributed by atoms with Crippen LogP contribution in [0.15, 0.2) is 30.1 Å². The molecule has 0 unspecified atom stereocenters. The van der Waals surface area contributed by atoms with Gasteiger partial charge in [0.1, 0.15) is 5.78 Å². The van der Waals surface area contributed by atoms with Gasteiger partial charge in [-0.1, -0.05) is 30.7 Å². The minimum Gasteiger partial charge on any atom is -0.300 e. The normalized spacial score (nSPS) is 43.0. The van der Waals surface area contributed by atoms with Crippen LogP contribution in [0, 0.1) is 28.6 Å². The van der Waals surface area contributed by atoms with Crippen molar-refractivity contribution < 1.29 is 4.79 Å². The summed E-state index contributed by atoms with van der Waals surface area (Å²) < 4.78 is 1.95. The molecule has 0 saturated heterocycles. The number of hydrogen-bond acceptors (Lipinski definition) is 3. The summed E-state index contributed by atoms with van der Waals surface area (Å²) >= 11 is 0. The number of carbonyl (C=O) groups excluding carboxylic acids is 1. The van der Waals surface area contributed by atoms with E-state index in [1.54, 1.807) is 11.8 Å². The zero-order chi connectivity index (χ0) is 17.2. The molecule has 0 radical (unpaired) electrons. The minimum absolute atomic E-state index is 0.0998. The van der Waals surface area contributed by atoms with Crippen LogP contribution in [0.3, 0.4) is 0 Å². The van der Waals surface area contributed by atoms with Crippen molar-refractivity contribution in [3.05, 3.63) is 30.1 Å². The maximum atomic E-state index is 12.0. The Hall–Kier alpha value is -1.71. The molecule has 25 heavy (non-hydrogen) atoms. The molecule has 0 spiro atoms. The number of Topliss-reactive ketones (excluding diaryl/α,β-unsaturated/α-hetero) is 1. The summed E-state index contributed by atoms with van der Waals surface area (Å²) in [7, 11) is 0. The summed E-state index contributed by atoms with van der Waals surface area (Å²) in [5.41, 5.74) is 3.35. The van der Waals surface area contributed by atoms with Crippen molar-refractivity contribution in [1.29, 1.82) is 0 Å². The summed E-state index contributed by atoms with van der Waals surface area (Å²) in [6.07, 6.45) is 16.0. The van der Waals surface area contributed by atoms with Crippen LogP contribution < -0.4 is 0 Å². The van der Waals surface area contributed by atoms with Gasteiger partial charge in [-0.3, -0.25) is 4.79 Å². The zero-order valence-corrected chi connectivity index (χ0v) is 15.2. The molecular weight excluding hydrogens is 310 g/mol. The Morgan fingerprint density at radius 3 is 2.84 bits per heavy atom. The molecule has 3 saturated carbocycles. The van der Waals surface area contributed by atoms with Crippen molar-refractivity contribution in [3.63, 3.8) is 0 Å². The highest BCUT2D eigenvalue weighted by Crippen LogP contribution is 2.65. The molecule has 0 bridgehead atoms. The fraction of sp³-hybridized carbons (Fsp3) is 0.667. The van der Waals surface area contributed by atoms with E-state index in [0.717, 1.165) is 25.2 Å². The van der Waals surface area contributed by atoms with E-state index in [2.05, 4.69) is 36.3 Å². The van der Waals surface area contributed by atoms with Crippen molar-refractivity contribution in [1.82, 2.24) is 15.0 Å². The molecule has 4 nitrogen and oxygen atoms in total. The maximum Gasteiger partial charge on any atom is 0.133 e. The fourth-order valence-corrected chi connectivity index (χ4v) is 6.69. The average molecular weight is 337 g/mol. The number of allylic oxidation sites excluding steroid dienone is 4. The highest BCUT2D eigenvalue weighted by atomic mass is 16.1. The SMILES string of the molecule is C[C@]12CC[C@H]3[C@@H](CC[C@H]4CC(=O)CC[C@@]43C)C1=CC=C2n1ccnn1. The van der Waals surface area contributed by atoms with E-state index in [4.69, 9.17) is 0 Å². The Bertz CT molecular complexity index is 777. The monoisotopic (exact) mass is 337 g/mol. The lowest BCUT2D eigenvalue weighted by molar-refractivity contribution is -0.130. The van der Waals surface area contributed by atoms with E-state index in [0.29, 0.717) is 23.0 Å². The van der Waals surface area contributed by atoms with Gasteiger partial charge in [0.25, 0.3) is 0 Å². The van der Waals surface area contributed by atoms with Crippen molar-refractivity contribution in [2.24, 2.45) is 28.6 Å². The maximum absolute atomic E-state index is 12.0. The van der Waals surface area contributed by atoms with Gasteiger partial charge in [0, 0.05) is 18.3 Å². The first-order valence-electron chi connectivity index (χ1n) is 9.83. The van der Waals surface area contributed by atoms with Crippen molar-refractivity contribution in [2.75, 3.05) is 0 Å². The number of ketones is 1. The molecule has 0 amide bonds. The Balaban J connectivity index is 1.47. The van der Waals surface area contributed by atoms with Gasteiger partial charge in [-0.15, -0.1) is 5.10 Å². The molecule has 0 aromatic carbocycles. The molecule has 1 aromatic heterocycles. The number of nitrogens with zero attached hydrogens (tertiary/aromatic N) is 3. The molecule has 4 aliphatic rings. The van der Waals surface area contributed by atoms with Gasteiger partial charge < -0.3 is 0 Å². The quantitative estimate of drug-likeness (QED) is 0.769. The standard InChI is InChI=1S/C21H27N3O/c1-20-9-7-15(25)13-14(20)3-4-16-17-5-6-19(24-12-11-22-23-24)21(17,2)10-8-18(16)20/h5-6,11-12,14,16,18H,3-4,7-10,13H2,1-2H3/t14-,16-,18-,20-,21-/m0/s1. The Morgan fingerprint density at radius 1 is 1.16 bits per heavy atom. The Morgan fingerprint density at radius 2 is 2.04 bits per heavy atom. The van der Waals surface area contributed by atoms with E-state index < -0.39 is 0 Å². The Kier molecular flexibility index (Phi) is 3.20. The molecule has 1 aromatic rings. The van der Waals surface area contributed by atoms with Gasteiger partial charge >= 0.3 is 0 Å². The third-order valence-electron chi connectivity index (χ3n) is 8.16. The van der Waals surface area contributed by atoms with E-state index in [1.165, 1.54) is 31.4 Å². The Labute approximate surface area is 149 Å². The van der Waals surface area contributed by atoms with Gasteiger partial charge in [-0.05, 0) is 61.3 Å². The van der Waals surface area contributed by atoms with Crippen LogP contribution >= 0.6 is 0 Å². The van der Waals surface area contributed by atoms with Crippen LogP contribution in [-0.4, -0.2) is 20.8 Å². The number of fused-ring (bicyclic) bond motifs is 5. The van der Waals surface area contributed by atoms with E-state index in [-0.39, 0.29) is 5.41 Å². The number of rotatable bonds is 1. The molecule has 4 heteroatoms. The van der Waals surface area contributed by atoms with Crippen LogP contribution in [-0.2, 0) is 4.79 Å². The summed E-state index contributed by atoms with van der Waals surface area (Å²) in [4.78, 5) is 12.0. The lowest BCUT2D eigenvalue weighted by Gasteiger charge is -2.58. The molecule has 0 aliphatic heterocycles. The second-order valence-corrected chi connectivity index (χ2v) is 9.13. The second kappa shape index (κ2) is 5.15. The third-order valence-corrected chi connectivity index (χ3v) is 8.16.